The molecule has 1 aromatic rings. The summed E-state index contributed by atoms with van der Waals surface area (Å²) in [6, 6.07) is 6.19. The van der Waals surface area contributed by atoms with E-state index in [1.807, 2.05) is 0 Å². The fourth-order valence-corrected chi connectivity index (χ4v) is 0.829. The minimum absolute atomic E-state index is 0.00231. The van der Waals surface area contributed by atoms with E-state index in [0.29, 0.717) is 0 Å². The number of benzene rings is 1. The number of para-hydroxylation sites is 1. The molecule has 0 heterocycles. The predicted molar refractivity (Wildman–Crippen MR) is 45.8 cm³/mol. The number of hydrogen-bond acceptors (Lipinski definition) is 4. The zero-order valence-electron chi connectivity index (χ0n) is 6.27. The normalized spacial score (nSPS) is 8.17. The molecule has 0 atom stereocenters. The lowest BCUT2D eigenvalue weighted by atomic mass is 10.3. The van der Waals surface area contributed by atoms with Crippen molar-refractivity contribution in [1.29, 1.82) is 0 Å². The van der Waals surface area contributed by atoms with Gasteiger partial charge in [-0.15, -0.1) is 0 Å². The molecule has 1 aromatic carbocycles. The lowest BCUT2D eigenvalue weighted by molar-refractivity contribution is -0.387. The van der Waals surface area contributed by atoms with Crippen molar-refractivity contribution in [3.05, 3.63) is 34.4 Å². The van der Waals surface area contributed by atoms with Gasteiger partial charge < -0.3 is 12.6 Å². The van der Waals surface area contributed by atoms with Crippen LogP contribution in [0.15, 0.2) is 29.2 Å². The molecule has 0 radical (unpaired) electrons. The van der Waals surface area contributed by atoms with E-state index in [1.54, 1.807) is 12.1 Å². The van der Waals surface area contributed by atoms with E-state index < -0.39 is 4.92 Å². The van der Waals surface area contributed by atoms with Crippen molar-refractivity contribution in [2.75, 3.05) is 0 Å². The summed E-state index contributed by atoms with van der Waals surface area (Å²) < 4.78 is 0. The molecule has 0 saturated carbocycles. The SMILES string of the molecule is N[NH3+].O=[N+]([O-])c1ccccc1[S-]. The van der Waals surface area contributed by atoms with Gasteiger partial charge >= 0.3 is 0 Å². The van der Waals surface area contributed by atoms with Crippen LogP contribution in [0.5, 0.6) is 0 Å². The largest absolute Gasteiger partial charge is 0.773 e. The third-order valence-corrected chi connectivity index (χ3v) is 1.41. The van der Waals surface area contributed by atoms with E-state index in [4.69, 9.17) is 0 Å². The maximum Gasteiger partial charge on any atom is 0.250 e. The Labute approximate surface area is 74.9 Å². The molecule has 5 N–H and O–H groups in total. The molecule has 0 saturated heterocycles. The molecule has 0 bridgehead atoms. The standard InChI is InChI=1S/C6H5NO2S.H4N2/c8-7(9)5-3-1-2-4-6(5)10;1-2/h1-4,10H;1-2H2. The summed E-state index contributed by atoms with van der Waals surface area (Å²) in [5, 5.41) is 10.2. The van der Waals surface area contributed by atoms with Gasteiger partial charge in [0.05, 0.1) is 4.92 Å². The number of nitrogens with zero attached hydrogens (tertiary/aromatic N) is 1. The molecule has 1 rings (SSSR count). The summed E-state index contributed by atoms with van der Waals surface area (Å²) in [6.07, 6.45) is 0. The maximum atomic E-state index is 10.2. The second-order valence-corrected chi connectivity index (χ2v) is 2.16. The molecule has 12 heavy (non-hydrogen) atoms. The van der Waals surface area contributed by atoms with Gasteiger partial charge in [-0.25, -0.2) is 0 Å². The second-order valence-electron chi connectivity index (χ2n) is 1.72. The summed E-state index contributed by atoms with van der Waals surface area (Å²) >= 11 is 4.69. The molecule has 0 aromatic heterocycles. The van der Waals surface area contributed by atoms with Gasteiger partial charge in [-0.1, -0.05) is 23.1 Å². The fourth-order valence-electron chi connectivity index (χ4n) is 0.608. The van der Waals surface area contributed by atoms with Gasteiger partial charge in [0.25, 0.3) is 0 Å². The summed E-state index contributed by atoms with van der Waals surface area (Å²) in [5.74, 6) is 7.00. The smallest absolute Gasteiger partial charge is 0.250 e. The van der Waals surface area contributed by atoms with Gasteiger partial charge in [0.1, 0.15) is 0 Å². The number of rotatable bonds is 1. The Bertz CT molecular complexity index is 267. The molecule has 0 amide bonds. The first-order valence-electron chi connectivity index (χ1n) is 3.03. The minimum Gasteiger partial charge on any atom is -0.773 e. The monoisotopic (exact) mass is 187 g/mol. The van der Waals surface area contributed by atoms with Crippen molar-refractivity contribution < 1.29 is 10.8 Å². The van der Waals surface area contributed by atoms with Gasteiger partial charge in [-0.05, 0) is 0 Å². The predicted octanol–water partition coefficient (Wildman–Crippen LogP) is -0.397. The van der Waals surface area contributed by atoms with Crippen molar-refractivity contribution in [2.45, 2.75) is 4.90 Å². The zero-order valence-corrected chi connectivity index (χ0v) is 7.08. The molecule has 0 aliphatic heterocycles. The van der Waals surface area contributed by atoms with Crippen molar-refractivity contribution >= 4 is 18.3 Å². The van der Waals surface area contributed by atoms with Crippen LogP contribution in [0.1, 0.15) is 0 Å². The number of nitro groups is 1. The van der Waals surface area contributed by atoms with Crippen LogP contribution >= 0.6 is 0 Å². The Kier molecular flexibility index (Phi) is 4.86. The third kappa shape index (κ3) is 2.79. The van der Waals surface area contributed by atoms with Crippen molar-refractivity contribution in [2.24, 2.45) is 5.84 Å². The van der Waals surface area contributed by atoms with Gasteiger partial charge in [-0.2, -0.15) is 5.84 Å². The van der Waals surface area contributed by atoms with Crippen LogP contribution in [0.25, 0.3) is 0 Å². The number of nitro benzene ring substituents is 1. The number of hydrogen-bond donors (Lipinski definition) is 2. The first-order chi connectivity index (χ1) is 5.72. The quantitative estimate of drug-likeness (QED) is 0.270. The highest BCUT2D eigenvalue weighted by Crippen LogP contribution is 2.15. The summed E-state index contributed by atoms with van der Waals surface area (Å²) in [4.78, 5) is 9.96. The summed E-state index contributed by atoms with van der Waals surface area (Å²) in [5.41, 5.74) is -0.00231. The Morgan fingerprint density at radius 2 is 1.92 bits per heavy atom. The van der Waals surface area contributed by atoms with Crippen LogP contribution in [-0.4, -0.2) is 4.92 Å². The minimum atomic E-state index is -0.484. The first kappa shape index (κ1) is 10.8. The Morgan fingerprint density at radius 1 is 1.42 bits per heavy atom. The average Bonchev–Trinajstić information content (AvgIpc) is 2.08. The van der Waals surface area contributed by atoms with Gasteiger partial charge in [0.2, 0.25) is 5.69 Å². The molecule has 66 valence electrons. The molecule has 0 aliphatic rings. The molecule has 0 spiro atoms. The highest BCUT2D eigenvalue weighted by Gasteiger charge is 2.00. The van der Waals surface area contributed by atoms with Crippen LogP contribution in [0.4, 0.5) is 5.69 Å². The van der Waals surface area contributed by atoms with Crippen molar-refractivity contribution in [1.82, 2.24) is 0 Å². The average molecular weight is 187 g/mol. The van der Waals surface area contributed by atoms with Crippen molar-refractivity contribution in [3.8, 4) is 0 Å². The highest BCUT2D eigenvalue weighted by atomic mass is 32.1. The van der Waals surface area contributed by atoms with E-state index in [-0.39, 0.29) is 10.6 Å². The molecule has 0 fully saturated rings. The number of quaternary nitrogens is 1. The molecular weight excluding hydrogens is 178 g/mol. The van der Waals surface area contributed by atoms with Crippen LogP contribution < -0.4 is 11.7 Å². The molecule has 6 heteroatoms. The Morgan fingerprint density at radius 3 is 2.25 bits per heavy atom. The zero-order chi connectivity index (χ0) is 9.56. The van der Waals surface area contributed by atoms with E-state index >= 15 is 0 Å². The van der Waals surface area contributed by atoms with E-state index in [0.717, 1.165) is 0 Å². The topological polar surface area (TPSA) is 96.8 Å². The van der Waals surface area contributed by atoms with Gasteiger partial charge in [0.15, 0.2) is 0 Å². The Balaban J connectivity index is 0.000000561. The lowest BCUT2D eigenvalue weighted by Crippen LogP contribution is -2.59. The van der Waals surface area contributed by atoms with E-state index in [9.17, 15) is 10.1 Å². The molecule has 5 nitrogen and oxygen atoms in total. The van der Waals surface area contributed by atoms with Gasteiger partial charge in [0, 0.05) is 6.07 Å². The molecule has 0 unspecified atom stereocenters. The molecular formula is C6H9N3O2S. The van der Waals surface area contributed by atoms with Crippen molar-refractivity contribution in [3.63, 3.8) is 0 Å². The first-order valence-corrected chi connectivity index (χ1v) is 3.44. The third-order valence-electron chi connectivity index (χ3n) is 1.06. The highest BCUT2D eigenvalue weighted by molar-refractivity contribution is 7.59. The lowest BCUT2D eigenvalue weighted by Gasteiger charge is -2.03. The van der Waals surface area contributed by atoms with Crippen LogP contribution in [0.2, 0.25) is 0 Å². The second kappa shape index (κ2) is 5.42. The molecule has 0 aliphatic carbocycles. The van der Waals surface area contributed by atoms with Crippen LogP contribution in [0.3, 0.4) is 0 Å². The van der Waals surface area contributed by atoms with Crippen LogP contribution in [-0.2, 0) is 12.6 Å². The van der Waals surface area contributed by atoms with E-state index in [2.05, 4.69) is 24.3 Å². The van der Waals surface area contributed by atoms with Gasteiger partial charge in [-0.3, -0.25) is 16.0 Å². The fraction of sp³-hybridized carbons (Fsp3) is 0. The number of nitrogens with two attached hydrogens (primary N) is 1. The maximum absolute atomic E-state index is 10.2. The Hall–Kier alpha value is -1.24. The summed E-state index contributed by atoms with van der Waals surface area (Å²) in [7, 11) is 0. The van der Waals surface area contributed by atoms with E-state index in [1.165, 1.54) is 12.1 Å². The van der Waals surface area contributed by atoms with Crippen LogP contribution in [0, 0.1) is 10.1 Å². The summed E-state index contributed by atoms with van der Waals surface area (Å²) in [6.45, 7) is 0.